The Hall–Kier alpha value is -2.99. The molecule has 0 aliphatic rings. The molecule has 2 aromatic heterocycles. The lowest BCUT2D eigenvalue weighted by molar-refractivity contribution is 0.215. The van der Waals surface area contributed by atoms with Gasteiger partial charge in [0, 0.05) is 22.8 Å². The molecule has 0 bridgehead atoms. The van der Waals surface area contributed by atoms with E-state index in [4.69, 9.17) is 4.84 Å². The molecule has 0 aliphatic heterocycles. The zero-order chi connectivity index (χ0) is 16.4. The third kappa shape index (κ3) is 2.68. The highest BCUT2D eigenvalue weighted by atomic mass is 32.1. The standard InChI is InChI=1S/C18H14N4OS/c1-23-21-11-13-5-6-17-16(9-13)20-12-22(17)15-4-2-3-14(10-15)18-19-7-8-24-18/h2-12H,1H3. The van der Waals surface area contributed by atoms with Crippen LogP contribution in [-0.2, 0) is 4.84 Å². The maximum absolute atomic E-state index is 4.72. The van der Waals surface area contributed by atoms with Crippen molar-refractivity contribution in [2.45, 2.75) is 0 Å². The first-order valence-corrected chi connectivity index (χ1v) is 8.27. The highest BCUT2D eigenvalue weighted by Crippen LogP contribution is 2.26. The quantitative estimate of drug-likeness (QED) is 0.416. The molecule has 0 radical (unpaired) electrons. The number of aromatic nitrogens is 3. The van der Waals surface area contributed by atoms with Crippen molar-refractivity contribution in [2.75, 3.05) is 7.11 Å². The molecule has 4 rings (SSSR count). The molecule has 0 fully saturated rings. The first kappa shape index (κ1) is 14.6. The van der Waals surface area contributed by atoms with Crippen molar-refractivity contribution in [3.63, 3.8) is 0 Å². The molecule has 2 aromatic carbocycles. The van der Waals surface area contributed by atoms with Crippen molar-refractivity contribution in [1.82, 2.24) is 14.5 Å². The molecule has 0 N–H and O–H groups in total. The van der Waals surface area contributed by atoms with E-state index < -0.39 is 0 Å². The molecule has 4 aromatic rings. The Morgan fingerprint density at radius 1 is 1.17 bits per heavy atom. The molecule has 0 aliphatic carbocycles. The van der Waals surface area contributed by atoms with Gasteiger partial charge in [0.2, 0.25) is 0 Å². The van der Waals surface area contributed by atoms with Crippen molar-refractivity contribution in [2.24, 2.45) is 5.16 Å². The Morgan fingerprint density at radius 3 is 2.96 bits per heavy atom. The van der Waals surface area contributed by atoms with Crippen LogP contribution in [0.3, 0.4) is 0 Å². The number of thiazole rings is 1. The van der Waals surface area contributed by atoms with E-state index in [0.717, 1.165) is 32.9 Å². The minimum absolute atomic E-state index is 0.912. The van der Waals surface area contributed by atoms with Crippen molar-refractivity contribution in [1.29, 1.82) is 0 Å². The smallest absolute Gasteiger partial charge is 0.123 e. The number of nitrogens with zero attached hydrogens (tertiary/aromatic N) is 4. The fourth-order valence-electron chi connectivity index (χ4n) is 2.58. The predicted octanol–water partition coefficient (Wildman–Crippen LogP) is 4.13. The molecule has 2 heterocycles. The monoisotopic (exact) mass is 334 g/mol. The van der Waals surface area contributed by atoms with Gasteiger partial charge in [-0.25, -0.2) is 9.97 Å². The van der Waals surface area contributed by atoms with Gasteiger partial charge in [-0.15, -0.1) is 11.3 Å². The summed E-state index contributed by atoms with van der Waals surface area (Å²) in [5, 5.41) is 6.79. The highest BCUT2D eigenvalue weighted by molar-refractivity contribution is 7.13. The number of benzene rings is 2. The first-order chi connectivity index (χ1) is 11.8. The number of imidazole rings is 1. The van der Waals surface area contributed by atoms with Crippen molar-refractivity contribution >= 4 is 28.6 Å². The second-order valence-electron chi connectivity index (χ2n) is 5.17. The Labute approximate surface area is 142 Å². The van der Waals surface area contributed by atoms with Gasteiger partial charge >= 0.3 is 0 Å². The van der Waals surface area contributed by atoms with Crippen LogP contribution in [0, 0.1) is 0 Å². The second kappa shape index (κ2) is 6.25. The van der Waals surface area contributed by atoms with Gasteiger partial charge in [0.15, 0.2) is 0 Å². The lowest BCUT2D eigenvalue weighted by Crippen LogP contribution is -1.92. The van der Waals surface area contributed by atoms with Crippen LogP contribution in [0.1, 0.15) is 5.56 Å². The Morgan fingerprint density at radius 2 is 2.12 bits per heavy atom. The van der Waals surface area contributed by atoms with Crippen LogP contribution < -0.4 is 0 Å². The number of rotatable bonds is 4. The molecule has 5 nitrogen and oxygen atoms in total. The Kier molecular flexibility index (Phi) is 3.80. The minimum Gasteiger partial charge on any atom is -0.399 e. The average Bonchev–Trinajstić information content (AvgIpc) is 3.29. The third-order valence-corrected chi connectivity index (χ3v) is 4.50. The lowest BCUT2D eigenvalue weighted by atomic mass is 10.2. The summed E-state index contributed by atoms with van der Waals surface area (Å²) in [5.41, 5.74) is 5.07. The summed E-state index contributed by atoms with van der Waals surface area (Å²) in [5.74, 6) is 0. The molecular formula is C18H14N4OS. The number of oxime groups is 1. The fraction of sp³-hybridized carbons (Fsp3) is 0.0556. The minimum atomic E-state index is 0.912. The molecule has 0 amide bonds. The number of hydrogen-bond acceptors (Lipinski definition) is 5. The summed E-state index contributed by atoms with van der Waals surface area (Å²) in [6, 6.07) is 14.3. The summed E-state index contributed by atoms with van der Waals surface area (Å²) in [6.45, 7) is 0. The van der Waals surface area contributed by atoms with E-state index in [0.29, 0.717) is 0 Å². The largest absolute Gasteiger partial charge is 0.399 e. The summed E-state index contributed by atoms with van der Waals surface area (Å²) in [4.78, 5) is 13.6. The van der Waals surface area contributed by atoms with Gasteiger partial charge in [-0.1, -0.05) is 23.4 Å². The van der Waals surface area contributed by atoms with Crippen LogP contribution in [0.5, 0.6) is 0 Å². The van der Waals surface area contributed by atoms with E-state index in [1.165, 1.54) is 7.11 Å². The topological polar surface area (TPSA) is 52.3 Å². The van der Waals surface area contributed by atoms with E-state index in [9.17, 15) is 0 Å². The SMILES string of the molecule is CON=Cc1ccc2c(c1)ncn2-c1cccc(-c2nccs2)c1. The lowest BCUT2D eigenvalue weighted by Gasteiger charge is -2.06. The van der Waals surface area contributed by atoms with E-state index in [1.807, 2.05) is 42.2 Å². The van der Waals surface area contributed by atoms with Crippen molar-refractivity contribution in [3.8, 4) is 16.3 Å². The second-order valence-corrected chi connectivity index (χ2v) is 6.06. The zero-order valence-electron chi connectivity index (χ0n) is 13.0. The Balaban J connectivity index is 1.77. The van der Waals surface area contributed by atoms with Gasteiger partial charge in [-0.2, -0.15) is 0 Å². The van der Waals surface area contributed by atoms with E-state index in [2.05, 4.69) is 37.9 Å². The molecule has 0 atom stereocenters. The molecule has 0 unspecified atom stereocenters. The third-order valence-electron chi connectivity index (χ3n) is 3.68. The summed E-state index contributed by atoms with van der Waals surface area (Å²) in [7, 11) is 1.53. The van der Waals surface area contributed by atoms with Crippen LogP contribution >= 0.6 is 11.3 Å². The maximum atomic E-state index is 4.72. The molecule has 6 heteroatoms. The van der Waals surface area contributed by atoms with E-state index >= 15 is 0 Å². The number of fused-ring (bicyclic) bond motifs is 1. The fourth-order valence-corrected chi connectivity index (χ4v) is 3.22. The zero-order valence-corrected chi connectivity index (χ0v) is 13.8. The van der Waals surface area contributed by atoms with Crippen LogP contribution in [0.2, 0.25) is 0 Å². The summed E-state index contributed by atoms with van der Waals surface area (Å²) < 4.78 is 2.07. The van der Waals surface area contributed by atoms with Gasteiger partial charge < -0.3 is 4.84 Å². The molecule has 0 saturated carbocycles. The van der Waals surface area contributed by atoms with Gasteiger partial charge in [0.05, 0.1) is 17.2 Å². The van der Waals surface area contributed by atoms with Crippen LogP contribution in [0.25, 0.3) is 27.3 Å². The maximum Gasteiger partial charge on any atom is 0.123 e. The van der Waals surface area contributed by atoms with Gasteiger partial charge in [0.25, 0.3) is 0 Å². The summed E-state index contributed by atoms with van der Waals surface area (Å²) in [6.07, 6.45) is 5.33. The normalized spacial score (nSPS) is 11.4. The van der Waals surface area contributed by atoms with Gasteiger partial charge in [0.1, 0.15) is 18.4 Å². The first-order valence-electron chi connectivity index (χ1n) is 7.39. The highest BCUT2D eigenvalue weighted by Gasteiger charge is 2.07. The van der Waals surface area contributed by atoms with Gasteiger partial charge in [-0.05, 0) is 29.8 Å². The van der Waals surface area contributed by atoms with Crippen LogP contribution in [-0.4, -0.2) is 27.9 Å². The average molecular weight is 334 g/mol. The molecule has 0 spiro atoms. The van der Waals surface area contributed by atoms with Gasteiger partial charge in [-0.3, -0.25) is 4.57 Å². The van der Waals surface area contributed by atoms with Crippen LogP contribution in [0.15, 0.2) is 65.5 Å². The van der Waals surface area contributed by atoms with E-state index in [-0.39, 0.29) is 0 Å². The molecule has 0 saturated heterocycles. The Bertz CT molecular complexity index is 1000. The van der Waals surface area contributed by atoms with Crippen LogP contribution in [0.4, 0.5) is 0 Å². The summed E-state index contributed by atoms with van der Waals surface area (Å²) >= 11 is 1.63. The number of hydrogen-bond donors (Lipinski definition) is 0. The van der Waals surface area contributed by atoms with Crippen molar-refractivity contribution < 1.29 is 4.84 Å². The molecular weight excluding hydrogens is 320 g/mol. The predicted molar refractivity (Wildman–Crippen MR) is 96.8 cm³/mol. The molecule has 118 valence electrons. The molecule has 24 heavy (non-hydrogen) atoms. The van der Waals surface area contributed by atoms with Crippen molar-refractivity contribution in [3.05, 3.63) is 65.9 Å². The van der Waals surface area contributed by atoms with E-state index in [1.54, 1.807) is 17.6 Å².